The summed E-state index contributed by atoms with van der Waals surface area (Å²) in [5.41, 5.74) is 2.78. The van der Waals surface area contributed by atoms with Crippen molar-refractivity contribution in [2.45, 2.75) is 106 Å². The summed E-state index contributed by atoms with van der Waals surface area (Å²) in [6.45, 7) is 17.2. The fourth-order valence-corrected chi connectivity index (χ4v) is 8.27. The fraction of sp³-hybridized carbons (Fsp3) is 0.862. The second-order valence-electron chi connectivity index (χ2n) is 13.1. The van der Waals surface area contributed by atoms with E-state index in [1.54, 1.807) is 5.57 Å². The third-order valence-corrected chi connectivity index (χ3v) is 11.1. The van der Waals surface area contributed by atoms with Crippen LogP contribution in [-0.2, 0) is 0 Å². The van der Waals surface area contributed by atoms with E-state index in [2.05, 4.69) is 66.7 Å². The minimum absolute atomic E-state index is 0.0895. The van der Waals surface area contributed by atoms with Crippen LogP contribution < -0.4 is 0 Å². The lowest BCUT2D eigenvalue weighted by atomic mass is 9.47. The van der Waals surface area contributed by atoms with Gasteiger partial charge in [0.15, 0.2) is 0 Å². The summed E-state index contributed by atoms with van der Waals surface area (Å²) >= 11 is 0. The van der Waals surface area contributed by atoms with Crippen LogP contribution in [0.2, 0.25) is 0 Å². The first-order valence-electron chi connectivity index (χ1n) is 13.1. The summed E-state index contributed by atoms with van der Waals surface area (Å²) in [6.07, 6.45) is 17.7. The first-order valence-corrected chi connectivity index (χ1v) is 13.1. The van der Waals surface area contributed by atoms with Crippen LogP contribution in [0.1, 0.15) is 99.8 Å². The van der Waals surface area contributed by atoms with E-state index >= 15 is 0 Å². The average molecular weight is 413 g/mol. The van der Waals surface area contributed by atoms with Crippen LogP contribution in [-0.4, -0.2) is 11.2 Å². The van der Waals surface area contributed by atoms with E-state index in [-0.39, 0.29) is 11.5 Å². The standard InChI is InChI=1S/C29H48O/c1-19(2)27(4,5)15-12-20(3)24-10-11-25-23-9-8-21-18-22(30)13-16-28(21,6)26(23)14-17-29(24,25)7/h8,12,15,19-20,22-26,30H,9-11,13-14,16-18H2,1-7H3/b15-12+/t20-,22+,23?,24-,25?,26?,28?,29?/m1/s1. The Morgan fingerprint density at radius 2 is 1.77 bits per heavy atom. The molecule has 0 amide bonds. The first-order chi connectivity index (χ1) is 14.0. The largest absolute Gasteiger partial charge is 0.393 e. The first kappa shape index (κ1) is 22.6. The maximum absolute atomic E-state index is 10.2. The topological polar surface area (TPSA) is 20.2 Å². The molecule has 0 aromatic carbocycles. The Morgan fingerprint density at radius 1 is 1.03 bits per heavy atom. The Balaban J connectivity index is 1.54. The van der Waals surface area contributed by atoms with Gasteiger partial charge in [-0.1, -0.05) is 72.3 Å². The summed E-state index contributed by atoms with van der Waals surface area (Å²) in [4.78, 5) is 0. The molecule has 0 radical (unpaired) electrons. The molecule has 0 aromatic rings. The summed E-state index contributed by atoms with van der Waals surface area (Å²) < 4.78 is 0. The molecule has 4 rings (SSSR count). The van der Waals surface area contributed by atoms with Crippen LogP contribution in [0.15, 0.2) is 23.8 Å². The van der Waals surface area contributed by atoms with E-state index in [0.29, 0.717) is 22.7 Å². The van der Waals surface area contributed by atoms with Gasteiger partial charge in [0, 0.05) is 0 Å². The van der Waals surface area contributed by atoms with Crippen molar-refractivity contribution >= 4 is 0 Å². The molecule has 3 fully saturated rings. The zero-order chi connectivity index (χ0) is 21.9. The van der Waals surface area contributed by atoms with Crippen molar-refractivity contribution in [1.29, 1.82) is 0 Å². The van der Waals surface area contributed by atoms with Crippen molar-refractivity contribution in [2.24, 2.45) is 51.8 Å². The lowest BCUT2D eigenvalue weighted by Gasteiger charge is -2.58. The molecule has 30 heavy (non-hydrogen) atoms. The molecule has 0 heterocycles. The molecule has 170 valence electrons. The van der Waals surface area contributed by atoms with Gasteiger partial charge in [-0.25, -0.2) is 0 Å². The van der Waals surface area contributed by atoms with Crippen LogP contribution in [0.4, 0.5) is 0 Å². The second-order valence-corrected chi connectivity index (χ2v) is 13.1. The Bertz CT molecular complexity index is 699. The fourth-order valence-electron chi connectivity index (χ4n) is 8.27. The number of rotatable bonds is 4. The molecular weight excluding hydrogens is 364 g/mol. The number of aliphatic hydroxyl groups excluding tert-OH is 1. The van der Waals surface area contributed by atoms with Gasteiger partial charge in [0.05, 0.1) is 6.10 Å². The number of aliphatic hydroxyl groups is 1. The van der Waals surface area contributed by atoms with E-state index in [9.17, 15) is 5.11 Å². The van der Waals surface area contributed by atoms with Gasteiger partial charge in [-0.3, -0.25) is 0 Å². The molecule has 0 spiro atoms. The van der Waals surface area contributed by atoms with Crippen molar-refractivity contribution in [2.75, 3.05) is 0 Å². The van der Waals surface area contributed by atoms with Gasteiger partial charge in [0.1, 0.15) is 0 Å². The van der Waals surface area contributed by atoms with Gasteiger partial charge >= 0.3 is 0 Å². The predicted molar refractivity (Wildman–Crippen MR) is 128 cm³/mol. The summed E-state index contributed by atoms with van der Waals surface area (Å²) in [5.74, 6) is 4.84. The van der Waals surface area contributed by atoms with Gasteiger partial charge in [0.25, 0.3) is 0 Å². The molecule has 0 aliphatic heterocycles. The normalized spacial score (nSPS) is 45.1. The molecule has 0 aromatic heterocycles. The van der Waals surface area contributed by atoms with Crippen LogP contribution >= 0.6 is 0 Å². The SMILES string of the molecule is CC(C)C(C)(C)/C=C/[C@@H](C)[C@H]1CCC2C3CC=C4C[C@@H](O)CCC4(C)C3CCC21C. The zero-order valence-electron chi connectivity index (χ0n) is 20.9. The maximum Gasteiger partial charge on any atom is 0.0577 e. The molecular formula is C29H48O. The lowest BCUT2D eigenvalue weighted by Crippen LogP contribution is -2.50. The van der Waals surface area contributed by atoms with E-state index in [4.69, 9.17) is 0 Å². The average Bonchev–Trinajstić information content (AvgIpc) is 3.04. The third kappa shape index (κ3) is 3.56. The Morgan fingerprint density at radius 3 is 2.47 bits per heavy atom. The van der Waals surface area contributed by atoms with Crippen molar-refractivity contribution in [3.05, 3.63) is 23.8 Å². The van der Waals surface area contributed by atoms with E-state index in [0.717, 1.165) is 36.5 Å². The van der Waals surface area contributed by atoms with E-state index in [1.165, 1.54) is 38.5 Å². The minimum atomic E-state index is -0.0895. The Hall–Kier alpha value is -0.560. The highest BCUT2D eigenvalue weighted by Crippen LogP contribution is 2.67. The van der Waals surface area contributed by atoms with Crippen LogP contribution in [0.3, 0.4) is 0 Å². The molecule has 1 nitrogen and oxygen atoms in total. The van der Waals surface area contributed by atoms with Crippen LogP contribution in [0.5, 0.6) is 0 Å². The van der Waals surface area contributed by atoms with Crippen molar-refractivity contribution in [3.63, 3.8) is 0 Å². The number of allylic oxidation sites excluding steroid dienone is 3. The molecule has 5 unspecified atom stereocenters. The second kappa shape index (κ2) is 7.79. The summed E-state index contributed by atoms with van der Waals surface area (Å²) in [7, 11) is 0. The molecule has 4 aliphatic rings. The van der Waals surface area contributed by atoms with Gasteiger partial charge in [-0.05, 0) is 103 Å². The lowest BCUT2D eigenvalue weighted by molar-refractivity contribution is -0.0541. The number of hydrogen-bond donors (Lipinski definition) is 1. The quantitative estimate of drug-likeness (QED) is 0.467. The van der Waals surface area contributed by atoms with Gasteiger partial charge in [-0.15, -0.1) is 0 Å². The van der Waals surface area contributed by atoms with Crippen LogP contribution in [0, 0.1) is 51.8 Å². The van der Waals surface area contributed by atoms with Crippen LogP contribution in [0.25, 0.3) is 0 Å². The molecule has 4 aliphatic carbocycles. The summed E-state index contributed by atoms with van der Waals surface area (Å²) in [5, 5.41) is 10.2. The predicted octanol–water partition coefficient (Wildman–Crippen LogP) is 7.80. The smallest absolute Gasteiger partial charge is 0.0577 e. The molecule has 0 bridgehead atoms. The molecule has 1 N–H and O–H groups in total. The van der Waals surface area contributed by atoms with Crippen molar-refractivity contribution in [3.8, 4) is 0 Å². The highest BCUT2D eigenvalue weighted by atomic mass is 16.3. The Labute approximate surface area is 186 Å². The minimum Gasteiger partial charge on any atom is -0.393 e. The highest BCUT2D eigenvalue weighted by Gasteiger charge is 2.58. The molecule has 8 atom stereocenters. The zero-order valence-corrected chi connectivity index (χ0v) is 20.9. The molecule has 1 heteroatoms. The highest BCUT2D eigenvalue weighted by molar-refractivity contribution is 5.25. The van der Waals surface area contributed by atoms with Crippen molar-refractivity contribution in [1.82, 2.24) is 0 Å². The maximum atomic E-state index is 10.2. The molecule has 0 saturated heterocycles. The third-order valence-electron chi connectivity index (χ3n) is 11.1. The monoisotopic (exact) mass is 412 g/mol. The van der Waals surface area contributed by atoms with Gasteiger partial charge < -0.3 is 5.11 Å². The van der Waals surface area contributed by atoms with E-state index < -0.39 is 0 Å². The number of hydrogen-bond acceptors (Lipinski definition) is 1. The van der Waals surface area contributed by atoms with E-state index in [1.807, 2.05) is 0 Å². The van der Waals surface area contributed by atoms with Crippen molar-refractivity contribution < 1.29 is 5.11 Å². The number of fused-ring (bicyclic) bond motifs is 5. The van der Waals surface area contributed by atoms with Gasteiger partial charge in [-0.2, -0.15) is 0 Å². The molecule has 3 saturated carbocycles. The Kier molecular flexibility index (Phi) is 5.87. The van der Waals surface area contributed by atoms with Gasteiger partial charge in [0.2, 0.25) is 0 Å². The summed E-state index contributed by atoms with van der Waals surface area (Å²) in [6, 6.07) is 0.